The highest BCUT2D eigenvalue weighted by atomic mass is 32.2. The van der Waals surface area contributed by atoms with Crippen LogP contribution in [0.4, 0.5) is 13.2 Å². The number of amides is 1. The summed E-state index contributed by atoms with van der Waals surface area (Å²) in [5.74, 6) is -2.18. The van der Waals surface area contributed by atoms with Gasteiger partial charge in [-0.05, 0) is 61.8 Å². The topological polar surface area (TPSA) is 87.2 Å². The summed E-state index contributed by atoms with van der Waals surface area (Å²) in [5, 5.41) is 0. The van der Waals surface area contributed by atoms with Crippen molar-refractivity contribution in [1.29, 1.82) is 0 Å². The third-order valence-electron chi connectivity index (χ3n) is 7.65. The summed E-state index contributed by atoms with van der Waals surface area (Å²) in [6.07, 6.45) is 5.60. The molecule has 1 amide bonds. The molecule has 0 N–H and O–H groups in total. The number of ether oxygens (including phenoxy) is 1. The molecule has 0 saturated carbocycles. The predicted molar refractivity (Wildman–Crippen MR) is 157 cm³/mol. The maximum Gasteiger partial charge on any atom is 0.471 e. The van der Waals surface area contributed by atoms with Gasteiger partial charge in [-0.25, -0.2) is 8.42 Å². The Morgan fingerprint density at radius 1 is 1.17 bits per heavy atom. The van der Waals surface area contributed by atoms with E-state index in [1.54, 1.807) is 13.0 Å². The van der Waals surface area contributed by atoms with Gasteiger partial charge in [-0.2, -0.15) is 17.5 Å². The minimum atomic E-state index is -5.02. The summed E-state index contributed by atoms with van der Waals surface area (Å²) >= 11 is 0. The van der Waals surface area contributed by atoms with Crippen molar-refractivity contribution in [3.05, 3.63) is 58.7 Å². The van der Waals surface area contributed by atoms with Gasteiger partial charge in [-0.15, -0.1) is 0 Å². The highest BCUT2D eigenvalue weighted by molar-refractivity contribution is 7.93. The second-order valence-electron chi connectivity index (χ2n) is 10.6. The maximum absolute atomic E-state index is 13.7. The largest absolute Gasteiger partial charge is 0.471 e. The standard InChI is InChI=1S/C28H38F3N3O5S.C2H6/c1-20-8-9-25(16-21(2)17-33(13-10-20)27(36)28(29,30)31)40(37,38)34-14-11-24(12-15-34)32(4)26-22(3)6-5-7-23(26)18-39-19-35;1-2/h5-6,8-9,16,19-20,23-24H,2,7,10-15,17-18H2,1,3-4H3;1-2H3/b9-8-,25-16+;. The van der Waals surface area contributed by atoms with E-state index in [4.69, 9.17) is 4.74 Å². The average molecular weight is 616 g/mol. The van der Waals surface area contributed by atoms with Crippen LogP contribution in [-0.4, -0.2) is 87.0 Å². The second-order valence-corrected chi connectivity index (χ2v) is 12.6. The highest BCUT2D eigenvalue weighted by Gasteiger charge is 2.42. The van der Waals surface area contributed by atoms with Crippen molar-refractivity contribution in [3.8, 4) is 0 Å². The molecule has 3 rings (SSSR count). The lowest BCUT2D eigenvalue weighted by atomic mass is 9.90. The molecule has 236 valence electrons. The van der Waals surface area contributed by atoms with Gasteiger partial charge < -0.3 is 14.5 Å². The first kappa shape index (κ1) is 35.3. The molecule has 0 bridgehead atoms. The van der Waals surface area contributed by atoms with E-state index >= 15 is 0 Å². The Balaban J connectivity index is 0.00000301. The van der Waals surface area contributed by atoms with E-state index in [1.165, 1.54) is 16.5 Å². The van der Waals surface area contributed by atoms with Gasteiger partial charge in [-0.1, -0.05) is 45.6 Å². The Kier molecular flexibility index (Phi) is 13.1. The molecule has 8 nitrogen and oxygen atoms in total. The van der Waals surface area contributed by atoms with Gasteiger partial charge in [0.15, 0.2) is 0 Å². The van der Waals surface area contributed by atoms with E-state index < -0.39 is 28.7 Å². The number of rotatable bonds is 7. The molecule has 0 spiro atoms. The summed E-state index contributed by atoms with van der Waals surface area (Å²) < 4.78 is 73.1. The van der Waals surface area contributed by atoms with Crippen LogP contribution >= 0.6 is 0 Å². The van der Waals surface area contributed by atoms with E-state index in [0.29, 0.717) is 24.2 Å². The summed E-state index contributed by atoms with van der Waals surface area (Å²) in [6, 6.07) is 0.0760. The second kappa shape index (κ2) is 15.6. The van der Waals surface area contributed by atoms with Crippen LogP contribution in [0.3, 0.4) is 0 Å². The molecule has 0 aromatic rings. The summed E-state index contributed by atoms with van der Waals surface area (Å²) in [5.41, 5.74) is 2.25. The van der Waals surface area contributed by atoms with Crippen LogP contribution in [0.15, 0.2) is 58.7 Å². The minimum absolute atomic E-state index is 0.0250. The van der Waals surface area contributed by atoms with E-state index in [1.807, 2.05) is 40.0 Å². The average Bonchev–Trinajstić information content (AvgIpc) is 2.96. The number of allylic oxidation sites excluding steroid dienone is 5. The van der Waals surface area contributed by atoms with Crippen LogP contribution in [0.2, 0.25) is 0 Å². The van der Waals surface area contributed by atoms with Crippen LogP contribution < -0.4 is 0 Å². The molecule has 2 aliphatic heterocycles. The lowest BCUT2D eigenvalue weighted by molar-refractivity contribution is -0.185. The molecule has 1 saturated heterocycles. The van der Waals surface area contributed by atoms with Gasteiger partial charge in [0.1, 0.15) is 0 Å². The molecule has 1 aliphatic carbocycles. The number of hydrogen-bond donors (Lipinski definition) is 0. The van der Waals surface area contributed by atoms with E-state index in [0.717, 1.165) is 17.7 Å². The third kappa shape index (κ3) is 9.07. The van der Waals surface area contributed by atoms with Gasteiger partial charge in [0, 0.05) is 50.9 Å². The lowest BCUT2D eigenvalue weighted by Crippen LogP contribution is -2.46. The van der Waals surface area contributed by atoms with Crippen molar-refractivity contribution in [2.24, 2.45) is 11.8 Å². The molecule has 0 radical (unpaired) electrons. The maximum atomic E-state index is 13.7. The smallest absolute Gasteiger partial charge is 0.467 e. The highest BCUT2D eigenvalue weighted by Crippen LogP contribution is 2.33. The molecule has 0 aromatic carbocycles. The Labute approximate surface area is 248 Å². The number of piperidine rings is 1. The fraction of sp³-hybridized carbons (Fsp3) is 0.600. The summed E-state index contributed by atoms with van der Waals surface area (Å²) in [6.45, 7) is 12.2. The lowest BCUT2D eigenvalue weighted by Gasteiger charge is -2.41. The third-order valence-corrected chi connectivity index (χ3v) is 9.54. The van der Waals surface area contributed by atoms with Gasteiger partial charge in [0.05, 0.1) is 11.5 Å². The van der Waals surface area contributed by atoms with Crippen LogP contribution in [-0.2, 0) is 24.3 Å². The Morgan fingerprint density at radius 3 is 2.40 bits per heavy atom. The van der Waals surface area contributed by atoms with Crippen LogP contribution in [0.1, 0.15) is 53.4 Å². The van der Waals surface area contributed by atoms with E-state index in [2.05, 4.69) is 11.5 Å². The van der Waals surface area contributed by atoms with E-state index in [9.17, 15) is 31.2 Å². The first-order valence-corrected chi connectivity index (χ1v) is 15.8. The quantitative estimate of drug-likeness (QED) is 0.367. The molecule has 0 aromatic heterocycles. The van der Waals surface area contributed by atoms with Crippen LogP contribution in [0, 0.1) is 11.8 Å². The normalized spacial score (nSPS) is 25.1. The number of hydrogen-bond acceptors (Lipinski definition) is 6. The number of carbonyl (C=O) groups is 2. The first-order chi connectivity index (χ1) is 19.8. The summed E-state index contributed by atoms with van der Waals surface area (Å²) in [4.78, 5) is 25.5. The van der Waals surface area contributed by atoms with Gasteiger partial charge in [-0.3, -0.25) is 9.59 Å². The zero-order valence-corrected chi connectivity index (χ0v) is 26.0. The number of alkyl halides is 3. The molecule has 2 unspecified atom stereocenters. The van der Waals surface area contributed by atoms with Crippen LogP contribution in [0.25, 0.3) is 0 Å². The summed E-state index contributed by atoms with van der Waals surface area (Å²) in [7, 11) is -1.98. The van der Waals surface area contributed by atoms with Crippen molar-refractivity contribution in [3.63, 3.8) is 0 Å². The van der Waals surface area contributed by atoms with Gasteiger partial charge >= 0.3 is 12.1 Å². The monoisotopic (exact) mass is 615 g/mol. The van der Waals surface area contributed by atoms with Gasteiger partial charge in [0.2, 0.25) is 10.0 Å². The predicted octanol–water partition coefficient (Wildman–Crippen LogP) is 5.19. The number of sulfonamides is 1. The van der Waals surface area contributed by atoms with E-state index in [-0.39, 0.29) is 61.0 Å². The minimum Gasteiger partial charge on any atom is -0.467 e. The molecular weight excluding hydrogens is 571 g/mol. The van der Waals surface area contributed by atoms with Crippen molar-refractivity contribution >= 4 is 22.4 Å². The SMILES string of the molecule is C=C1/C=C(S(=O)(=O)N2CCC(N(C)C3=C(C)C=CCC3COC=O)CC2)\C=C/C(C)CCN(C(=O)C(F)(F)F)C1.CC. The number of carbonyl (C=O) groups excluding carboxylic acids is 2. The first-order valence-electron chi connectivity index (χ1n) is 14.3. The van der Waals surface area contributed by atoms with Crippen molar-refractivity contribution in [2.75, 3.05) is 39.8 Å². The molecule has 2 heterocycles. The molecular formula is C30H44F3N3O5S. The van der Waals surface area contributed by atoms with Crippen molar-refractivity contribution < 1.29 is 35.9 Å². The van der Waals surface area contributed by atoms with Crippen molar-refractivity contribution in [1.82, 2.24) is 14.1 Å². The molecule has 2 atom stereocenters. The Hall–Kier alpha value is -2.86. The number of halogens is 3. The zero-order chi connectivity index (χ0) is 31.7. The fourth-order valence-electron chi connectivity index (χ4n) is 5.46. The molecule has 12 heteroatoms. The zero-order valence-electron chi connectivity index (χ0n) is 25.2. The number of nitrogens with zero attached hydrogens (tertiary/aromatic N) is 3. The van der Waals surface area contributed by atoms with Gasteiger partial charge in [0.25, 0.3) is 6.47 Å². The Bertz CT molecular complexity index is 1200. The Morgan fingerprint density at radius 2 is 1.81 bits per heavy atom. The molecule has 1 fully saturated rings. The molecule has 3 aliphatic rings. The van der Waals surface area contributed by atoms with Crippen molar-refractivity contribution in [2.45, 2.75) is 65.6 Å². The van der Waals surface area contributed by atoms with Crippen LogP contribution in [0.5, 0.6) is 0 Å². The fourth-order valence-corrected chi connectivity index (χ4v) is 7.02. The molecule has 42 heavy (non-hydrogen) atoms.